The lowest BCUT2D eigenvalue weighted by Gasteiger charge is -2.32. The molecule has 1 aromatic rings. The van der Waals surface area contributed by atoms with Gasteiger partial charge in [-0.3, -0.25) is 0 Å². The zero-order valence-corrected chi connectivity index (χ0v) is 11.7. The first-order valence-corrected chi connectivity index (χ1v) is 6.71. The summed E-state index contributed by atoms with van der Waals surface area (Å²) in [7, 11) is 1.56. The van der Waals surface area contributed by atoms with Crippen LogP contribution >= 0.6 is 0 Å². The molecule has 1 aromatic carbocycles. The van der Waals surface area contributed by atoms with Gasteiger partial charge in [-0.25, -0.2) is 8.78 Å². The van der Waals surface area contributed by atoms with Crippen LogP contribution in [0.5, 0.6) is 5.75 Å². The number of hydrogen-bond acceptors (Lipinski definition) is 2. The van der Waals surface area contributed by atoms with Crippen molar-refractivity contribution in [2.75, 3.05) is 20.2 Å². The maximum Gasteiger partial charge on any atom is 0.276 e. The fourth-order valence-corrected chi connectivity index (χ4v) is 2.78. The zero-order valence-electron chi connectivity index (χ0n) is 11.7. The Morgan fingerprint density at radius 1 is 1.16 bits per heavy atom. The maximum atomic E-state index is 14.6. The largest absolute Gasteiger partial charge is 0.496 e. The van der Waals surface area contributed by atoms with Gasteiger partial charge in [0.15, 0.2) is 0 Å². The van der Waals surface area contributed by atoms with Gasteiger partial charge < -0.3 is 10.1 Å². The first-order chi connectivity index (χ1) is 8.98. The molecule has 2 rings (SSSR count). The minimum atomic E-state index is -2.76. The topological polar surface area (TPSA) is 21.3 Å². The van der Waals surface area contributed by atoms with Gasteiger partial charge in [0.1, 0.15) is 5.75 Å². The summed E-state index contributed by atoms with van der Waals surface area (Å²) in [5.41, 5.74) is 1.59. The molecule has 2 nitrogen and oxygen atoms in total. The van der Waals surface area contributed by atoms with Crippen LogP contribution in [0, 0.1) is 19.8 Å². The zero-order chi connectivity index (χ0) is 14.0. The van der Waals surface area contributed by atoms with Gasteiger partial charge >= 0.3 is 0 Å². The quantitative estimate of drug-likeness (QED) is 0.908. The average molecular weight is 269 g/mol. The third kappa shape index (κ3) is 2.59. The van der Waals surface area contributed by atoms with E-state index in [-0.39, 0.29) is 5.56 Å². The first-order valence-electron chi connectivity index (χ1n) is 6.71. The summed E-state index contributed by atoms with van der Waals surface area (Å²) < 4.78 is 34.5. The normalized spacial score (nSPS) is 17.5. The second kappa shape index (κ2) is 5.45. The molecular weight excluding hydrogens is 248 g/mol. The fourth-order valence-electron chi connectivity index (χ4n) is 2.78. The minimum absolute atomic E-state index is 0.151. The van der Waals surface area contributed by atoms with E-state index in [4.69, 9.17) is 4.74 Å². The molecule has 4 heteroatoms. The van der Waals surface area contributed by atoms with Crippen LogP contribution in [0.25, 0.3) is 0 Å². The molecule has 1 N–H and O–H groups in total. The first kappa shape index (κ1) is 14.3. The van der Waals surface area contributed by atoms with Crippen molar-refractivity contribution in [2.45, 2.75) is 32.6 Å². The molecule has 0 spiro atoms. The van der Waals surface area contributed by atoms with E-state index in [9.17, 15) is 8.78 Å². The number of rotatable bonds is 3. The van der Waals surface area contributed by atoms with Crippen molar-refractivity contribution in [3.63, 3.8) is 0 Å². The number of benzene rings is 1. The molecule has 1 saturated heterocycles. The Bertz CT molecular complexity index is 454. The number of alkyl halides is 2. The van der Waals surface area contributed by atoms with Crippen LogP contribution in [0.2, 0.25) is 0 Å². The third-order valence-electron chi connectivity index (χ3n) is 4.17. The highest BCUT2D eigenvalue weighted by Gasteiger charge is 2.42. The lowest BCUT2D eigenvalue weighted by molar-refractivity contribution is -0.0759. The van der Waals surface area contributed by atoms with Crippen LogP contribution in [0.15, 0.2) is 12.1 Å². The van der Waals surface area contributed by atoms with E-state index in [0.717, 1.165) is 5.56 Å². The molecule has 1 aliphatic heterocycles. The molecule has 0 aliphatic carbocycles. The van der Waals surface area contributed by atoms with Gasteiger partial charge in [0.05, 0.1) is 7.11 Å². The van der Waals surface area contributed by atoms with Crippen molar-refractivity contribution in [1.82, 2.24) is 5.32 Å². The second-order valence-corrected chi connectivity index (χ2v) is 5.21. The Morgan fingerprint density at radius 2 is 1.79 bits per heavy atom. The van der Waals surface area contributed by atoms with Crippen LogP contribution in [0.3, 0.4) is 0 Å². The number of methoxy groups -OCH3 is 1. The standard InChI is InChI=1S/C15H21F2NO/c1-10-11(2)14(19-3)5-4-13(10)15(16,17)12-6-8-18-9-7-12/h4-5,12,18H,6-9H2,1-3H3. The second-order valence-electron chi connectivity index (χ2n) is 5.21. The van der Waals surface area contributed by atoms with Crippen LogP contribution < -0.4 is 10.1 Å². The summed E-state index contributed by atoms with van der Waals surface area (Å²) in [6, 6.07) is 3.16. The van der Waals surface area contributed by atoms with Gasteiger partial charge in [0, 0.05) is 11.5 Å². The molecule has 1 fully saturated rings. The highest BCUT2D eigenvalue weighted by molar-refractivity contribution is 5.45. The minimum Gasteiger partial charge on any atom is -0.496 e. The van der Waals surface area contributed by atoms with Crippen LogP contribution in [-0.4, -0.2) is 20.2 Å². The van der Waals surface area contributed by atoms with Crippen molar-refractivity contribution in [2.24, 2.45) is 5.92 Å². The van der Waals surface area contributed by atoms with Gasteiger partial charge in [0.2, 0.25) is 0 Å². The maximum absolute atomic E-state index is 14.6. The molecule has 106 valence electrons. The number of nitrogens with one attached hydrogen (secondary N) is 1. The van der Waals surface area contributed by atoms with Gasteiger partial charge in [-0.2, -0.15) is 0 Å². The monoisotopic (exact) mass is 269 g/mol. The van der Waals surface area contributed by atoms with E-state index >= 15 is 0 Å². The summed E-state index contributed by atoms with van der Waals surface area (Å²) in [6.07, 6.45) is 1.05. The van der Waals surface area contributed by atoms with Crippen LogP contribution in [0.4, 0.5) is 8.78 Å². The molecule has 0 unspecified atom stereocenters. The van der Waals surface area contributed by atoms with Gasteiger partial charge in [-0.15, -0.1) is 0 Å². The van der Waals surface area contributed by atoms with E-state index in [1.807, 2.05) is 6.92 Å². The van der Waals surface area contributed by atoms with E-state index in [1.54, 1.807) is 20.1 Å². The molecule has 1 aliphatic rings. The Morgan fingerprint density at radius 3 is 2.37 bits per heavy atom. The summed E-state index contributed by atoms with van der Waals surface area (Å²) in [5, 5.41) is 3.13. The van der Waals surface area contributed by atoms with Crippen molar-refractivity contribution in [3.8, 4) is 5.75 Å². The summed E-state index contributed by atoms with van der Waals surface area (Å²) in [5.74, 6) is -2.66. The van der Waals surface area contributed by atoms with Gasteiger partial charge in [-0.05, 0) is 63.0 Å². The molecule has 1 heterocycles. The van der Waals surface area contributed by atoms with Crippen LogP contribution in [0.1, 0.15) is 29.5 Å². The van der Waals surface area contributed by atoms with E-state index in [0.29, 0.717) is 37.2 Å². The van der Waals surface area contributed by atoms with E-state index < -0.39 is 11.8 Å². The highest BCUT2D eigenvalue weighted by atomic mass is 19.3. The van der Waals surface area contributed by atoms with Crippen molar-refractivity contribution < 1.29 is 13.5 Å². The number of piperidine rings is 1. The van der Waals surface area contributed by atoms with Crippen LogP contribution in [-0.2, 0) is 5.92 Å². The molecule has 0 bridgehead atoms. The highest BCUT2D eigenvalue weighted by Crippen LogP contribution is 2.43. The smallest absolute Gasteiger partial charge is 0.276 e. The lowest BCUT2D eigenvalue weighted by Crippen LogP contribution is -2.37. The SMILES string of the molecule is COc1ccc(C(F)(F)C2CCNCC2)c(C)c1C. The Hall–Kier alpha value is -1.16. The molecule has 0 amide bonds. The summed E-state index contributed by atoms with van der Waals surface area (Å²) in [4.78, 5) is 0. The Balaban J connectivity index is 2.36. The Kier molecular flexibility index (Phi) is 4.09. The number of halogens is 2. The van der Waals surface area contributed by atoms with Crippen molar-refractivity contribution in [3.05, 3.63) is 28.8 Å². The number of hydrogen-bond donors (Lipinski definition) is 1. The summed E-state index contributed by atoms with van der Waals surface area (Å²) in [6.45, 7) is 4.93. The van der Waals surface area contributed by atoms with Crippen molar-refractivity contribution in [1.29, 1.82) is 0 Å². The molecule has 0 atom stereocenters. The number of ether oxygens (including phenoxy) is 1. The molecule has 0 saturated carbocycles. The van der Waals surface area contributed by atoms with E-state index in [1.165, 1.54) is 6.07 Å². The fraction of sp³-hybridized carbons (Fsp3) is 0.600. The summed E-state index contributed by atoms with van der Waals surface area (Å²) >= 11 is 0. The molecule has 0 radical (unpaired) electrons. The molecular formula is C15H21F2NO. The van der Waals surface area contributed by atoms with E-state index in [2.05, 4.69) is 5.32 Å². The Labute approximate surface area is 113 Å². The molecule has 19 heavy (non-hydrogen) atoms. The third-order valence-corrected chi connectivity index (χ3v) is 4.17. The average Bonchev–Trinajstić information content (AvgIpc) is 2.42. The van der Waals surface area contributed by atoms with Gasteiger partial charge in [-0.1, -0.05) is 0 Å². The van der Waals surface area contributed by atoms with Gasteiger partial charge in [0.25, 0.3) is 5.92 Å². The predicted molar refractivity (Wildman–Crippen MR) is 72.0 cm³/mol. The predicted octanol–water partition coefficient (Wildman–Crippen LogP) is 3.40. The lowest BCUT2D eigenvalue weighted by atomic mass is 9.84. The molecule has 0 aromatic heterocycles. The van der Waals surface area contributed by atoms with Crippen molar-refractivity contribution >= 4 is 0 Å².